The Kier molecular flexibility index (Phi) is 7.88. The fourth-order valence-electron chi connectivity index (χ4n) is 3.96. The molecule has 1 aromatic heterocycles. The lowest BCUT2D eigenvalue weighted by Crippen LogP contribution is -2.18. The number of ether oxygens (including phenoxy) is 2. The lowest BCUT2D eigenvalue weighted by molar-refractivity contribution is 0.0962. The molecule has 0 aliphatic heterocycles. The smallest absolute Gasteiger partial charge is 0.255 e. The van der Waals surface area contributed by atoms with Gasteiger partial charge in [0.2, 0.25) is 0 Å². The van der Waals surface area contributed by atoms with Crippen molar-refractivity contribution >= 4 is 17.5 Å². The Morgan fingerprint density at radius 3 is 2.32 bits per heavy atom. The second-order valence-electron chi connectivity index (χ2n) is 8.60. The Labute approximate surface area is 216 Å². The number of hydrogen-bond donors (Lipinski definition) is 2. The van der Waals surface area contributed by atoms with Crippen LogP contribution >= 0.6 is 0 Å². The van der Waals surface area contributed by atoms with Gasteiger partial charge in [-0.25, -0.2) is 0 Å². The van der Waals surface area contributed by atoms with E-state index in [1.165, 1.54) is 0 Å². The van der Waals surface area contributed by atoms with Crippen LogP contribution in [0.4, 0.5) is 5.69 Å². The van der Waals surface area contributed by atoms with Crippen molar-refractivity contribution < 1.29 is 19.1 Å². The standard InChI is InChI=1S/C29H30N4O4/c1-19-27(20(2)33(32-19)17-22-7-5-8-24(15-22)28(34)30-3)31-29(35)23-13-11-21(12-14-23)18-37-26-10-6-9-25(16-26)36-4/h5-16H,17-18H2,1-4H3,(H,30,34)(H,31,35). The molecule has 0 saturated heterocycles. The molecule has 0 radical (unpaired) electrons. The number of amides is 2. The van der Waals surface area contributed by atoms with E-state index in [1.54, 1.807) is 32.4 Å². The molecule has 0 bridgehead atoms. The predicted molar refractivity (Wildman–Crippen MR) is 142 cm³/mol. The number of aromatic nitrogens is 2. The Hall–Kier alpha value is -4.59. The summed E-state index contributed by atoms with van der Waals surface area (Å²) in [4.78, 5) is 24.9. The normalized spacial score (nSPS) is 10.6. The van der Waals surface area contributed by atoms with Gasteiger partial charge in [-0.1, -0.05) is 30.3 Å². The van der Waals surface area contributed by atoms with E-state index in [0.29, 0.717) is 35.7 Å². The Bertz CT molecular complexity index is 1410. The lowest BCUT2D eigenvalue weighted by atomic mass is 10.1. The SMILES string of the molecule is CNC(=O)c1cccc(Cn2nc(C)c(NC(=O)c3ccc(COc4cccc(OC)c4)cc3)c2C)c1. The zero-order chi connectivity index (χ0) is 26.4. The van der Waals surface area contributed by atoms with Crippen LogP contribution < -0.4 is 20.1 Å². The van der Waals surface area contributed by atoms with Gasteiger partial charge < -0.3 is 20.1 Å². The van der Waals surface area contributed by atoms with Crippen molar-refractivity contribution in [1.82, 2.24) is 15.1 Å². The molecular formula is C29H30N4O4. The third-order valence-corrected chi connectivity index (χ3v) is 6.03. The van der Waals surface area contributed by atoms with E-state index < -0.39 is 0 Å². The first-order valence-corrected chi connectivity index (χ1v) is 11.9. The molecule has 4 rings (SSSR count). The first kappa shape index (κ1) is 25.5. The van der Waals surface area contributed by atoms with Crippen molar-refractivity contribution in [2.75, 3.05) is 19.5 Å². The summed E-state index contributed by atoms with van der Waals surface area (Å²) in [7, 11) is 3.22. The second-order valence-corrected chi connectivity index (χ2v) is 8.60. The van der Waals surface area contributed by atoms with E-state index in [1.807, 2.05) is 73.1 Å². The third-order valence-electron chi connectivity index (χ3n) is 6.03. The largest absolute Gasteiger partial charge is 0.497 e. The number of aryl methyl sites for hydroxylation is 1. The van der Waals surface area contributed by atoms with Crippen LogP contribution in [0.15, 0.2) is 72.8 Å². The Morgan fingerprint density at radius 2 is 1.59 bits per heavy atom. The molecule has 1 heterocycles. The minimum atomic E-state index is -0.215. The summed E-state index contributed by atoms with van der Waals surface area (Å²) >= 11 is 0. The van der Waals surface area contributed by atoms with Crippen LogP contribution in [0.3, 0.4) is 0 Å². The van der Waals surface area contributed by atoms with Gasteiger partial charge >= 0.3 is 0 Å². The van der Waals surface area contributed by atoms with Crippen molar-refractivity contribution in [2.24, 2.45) is 0 Å². The highest BCUT2D eigenvalue weighted by atomic mass is 16.5. The molecule has 2 N–H and O–H groups in total. The predicted octanol–water partition coefficient (Wildman–Crippen LogP) is 4.75. The van der Waals surface area contributed by atoms with E-state index in [-0.39, 0.29) is 11.8 Å². The molecule has 0 saturated carbocycles. The van der Waals surface area contributed by atoms with Crippen LogP contribution in [0.5, 0.6) is 11.5 Å². The average Bonchev–Trinajstić information content (AvgIpc) is 3.19. The van der Waals surface area contributed by atoms with Gasteiger partial charge in [0.1, 0.15) is 18.1 Å². The molecule has 8 nitrogen and oxygen atoms in total. The maximum absolute atomic E-state index is 13.0. The average molecular weight is 499 g/mol. The van der Waals surface area contributed by atoms with E-state index >= 15 is 0 Å². The molecule has 2 amide bonds. The number of benzene rings is 3. The molecule has 37 heavy (non-hydrogen) atoms. The van der Waals surface area contributed by atoms with Crippen LogP contribution in [0, 0.1) is 13.8 Å². The summed E-state index contributed by atoms with van der Waals surface area (Å²) < 4.78 is 12.9. The number of nitrogens with zero attached hydrogens (tertiary/aromatic N) is 2. The summed E-state index contributed by atoms with van der Waals surface area (Å²) in [5.74, 6) is 1.09. The monoisotopic (exact) mass is 498 g/mol. The zero-order valence-electron chi connectivity index (χ0n) is 21.4. The molecule has 0 aliphatic rings. The van der Waals surface area contributed by atoms with E-state index in [2.05, 4.69) is 15.7 Å². The number of rotatable bonds is 9. The van der Waals surface area contributed by atoms with Gasteiger partial charge in [0.05, 0.1) is 30.7 Å². The maximum Gasteiger partial charge on any atom is 0.255 e. The van der Waals surface area contributed by atoms with Gasteiger partial charge in [-0.15, -0.1) is 0 Å². The van der Waals surface area contributed by atoms with Crippen LogP contribution in [0.1, 0.15) is 43.2 Å². The molecule has 190 valence electrons. The third kappa shape index (κ3) is 6.16. The van der Waals surface area contributed by atoms with Crippen molar-refractivity contribution in [3.8, 4) is 11.5 Å². The molecule has 0 fully saturated rings. The van der Waals surface area contributed by atoms with Gasteiger partial charge in [0.15, 0.2) is 0 Å². The van der Waals surface area contributed by atoms with Crippen molar-refractivity contribution in [1.29, 1.82) is 0 Å². The molecule has 0 spiro atoms. The highest BCUT2D eigenvalue weighted by Crippen LogP contribution is 2.23. The summed E-state index contributed by atoms with van der Waals surface area (Å²) in [6, 6.07) is 22.1. The van der Waals surface area contributed by atoms with Crippen molar-refractivity contribution in [3.05, 3.63) is 106 Å². The number of nitrogens with one attached hydrogen (secondary N) is 2. The Morgan fingerprint density at radius 1 is 0.865 bits per heavy atom. The highest BCUT2D eigenvalue weighted by molar-refractivity contribution is 6.04. The van der Waals surface area contributed by atoms with Crippen LogP contribution in [-0.4, -0.2) is 35.8 Å². The molecule has 0 unspecified atom stereocenters. The fourth-order valence-corrected chi connectivity index (χ4v) is 3.96. The lowest BCUT2D eigenvalue weighted by Gasteiger charge is -2.10. The molecular weight excluding hydrogens is 468 g/mol. The van der Waals surface area contributed by atoms with Crippen LogP contribution in [0.2, 0.25) is 0 Å². The fraction of sp³-hybridized carbons (Fsp3) is 0.207. The molecule has 4 aromatic rings. The number of methoxy groups -OCH3 is 1. The summed E-state index contributed by atoms with van der Waals surface area (Å²) in [6.45, 7) is 4.63. The van der Waals surface area contributed by atoms with Gasteiger partial charge in [-0.05, 0) is 61.4 Å². The molecule has 8 heteroatoms. The van der Waals surface area contributed by atoms with Crippen LogP contribution in [-0.2, 0) is 13.2 Å². The number of anilines is 1. The Balaban J connectivity index is 1.40. The maximum atomic E-state index is 13.0. The zero-order valence-corrected chi connectivity index (χ0v) is 21.4. The van der Waals surface area contributed by atoms with Gasteiger partial charge in [0.25, 0.3) is 11.8 Å². The first-order chi connectivity index (χ1) is 17.9. The van der Waals surface area contributed by atoms with Crippen LogP contribution in [0.25, 0.3) is 0 Å². The summed E-state index contributed by atoms with van der Waals surface area (Å²) in [5, 5.41) is 10.2. The highest BCUT2D eigenvalue weighted by Gasteiger charge is 2.16. The number of carbonyl (C=O) groups excluding carboxylic acids is 2. The summed E-state index contributed by atoms with van der Waals surface area (Å²) in [6.07, 6.45) is 0. The molecule has 0 aliphatic carbocycles. The van der Waals surface area contributed by atoms with E-state index in [4.69, 9.17) is 9.47 Å². The van der Waals surface area contributed by atoms with Gasteiger partial charge in [-0.3, -0.25) is 14.3 Å². The second kappa shape index (κ2) is 11.4. The van der Waals surface area contributed by atoms with Crippen molar-refractivity contribution in [3.63, 3.8) is 0 Å². The minimum Gasteiger partial charge on any atom is -0.497 e. The van der Waals surface area contributed by atoms with E-state index in [9.17, 15) is 9.59 Å². The van der Waals surface area contributed by atoms with Gasteiger partial charge in [0, 0.05) is 24.2 Å². The number of hydrogen-bond acceptors (Lipinski definition) is 5. The van der Waals surface area contributed by atoms with Crippen molar-refractivity contribution in [2.45, 2.75) is 27.0 Å². The van der Waals surface area contributed by atoms with E-state index in [0.717, 1.165) is 28.3 Å². The number of carbonyl (C=O) groups is 2. The molecule has 0 atom stereocenters. The molecule has 3 aromatic carbocycles. The quantitative estimate of drug-likeness (QED) is 0.347. The first-order valence-electron chi connectivity index (χ1n) is 11.9. The topological polar surface area (TPSA) is 94.5 Å². The van der Waals surface area contributed by atoms with Gasteiger partial charge in [-0.2, -0.15) is 5.10 Å². The summed E-state index contributed by atoms with van der Waals surface area (Å²) in [5.41, 5.74) is 5.24. The minimum absolute atomic E-state index is 0.138.